The monoisotopic (exact) mass is 343 g/mol. The number of nitrogens with one attached hydrogen (secondary N) is 1. The molecule has 1 saturated carbocycles. The summed E-state index contributed by atoms with van der Waals surface area (Å²) in [5, 5.41) is 11.7. The van der Waals surface area contributed by atoms with E-state index in [0.717, 1.165) is 12.1 Å². The van der Waals surface area contributed by atoms with Gasteiger partial charge < -0.3 is 10.4 Å². The van der Waals surface area contributed by atoms with Gasteiger partial charge >= 0.3 is 12.1 Å². The van der Waals surface area contributed by atoms with Crippen molar-refractivity contribution in [2.45, 2.75) is 44.8 Å². The first-order valence-corrected chi connectivity index (χ1v) is 7.85. The van der Waals surface area contributed by atoms with Crippen LogP contribution in [0.5, 0.6) is 0 Å². The van der Waals surface area contributed by atoms with Crippen LogP contribution in [0.25, 0.3) is 0 Å². The molecule has 1 aliphatic carbocycles. The Morgan fingerprint density at radius 3 is 2.33 bits per heavy atom. The Morgan fingerprint density at radius 1 is 1.29 bits per heavy atom. The zero-order valence-corrected chi connectivity index (χ0v) is 13.4. The van der Waals surface area contributed by atoms with Crippen LogP contribution >= 0.6 is 0 Å². The van der Waals surface area contributed by atoms with Gasteiger partial charge in [-0.3, -0.25) is 4.79 Å². The van der Waals surface area contributed by atoms with Gasteiger partial charge in [-0.2, -0.15) is 13.2 Å². The molecule has 4 unspecified atom stereocenters. The molecule has 7 heteroatoms. The van der Waals surface area contributed by atoms with E-state index in [9.17, 15) is 27.9 Å². The van der Waals surface area contributed by atoms with Crippen LogP contribution in [0.1, 0.15) is 43.7 Å². The minimum atomic E-state index is -4.39. The van der Waals surface area contributed by atoms with Gasteiger partial charge in [0, 0.05) is 5.92 Å². The number of carbonyl (C=O) groups is 2. The van der Waals surface area contributed by atoms with Crippen LogP contribution in [0.15, 0.2) is 24.3 Å². The largest absolute Gasteiger partial charge is 0.480 e. The van der Waals surface area contributed by atoms with E-state index in [2.05, 4.69) is 5.32 Å². The molecule has 0 bridgehead atoms. The molecule has 132 valence electrons. The predicted molar refractivity (Wildman–Crippen MR) is 81.3 cm³/mol. The summed E-state index contributed by atoms with van der Waals surface area (Å²) in [6.07, 6.45) is -3.25. The quantitative estimate of drug-likeness (QED) is 0.832. The summed E-state index contributed by atoms with van der Waals surface area (Å²) >= 11 is 0. The molecule has 1 aliphatic rings. The fourth-order valence-electron chi connectivity index (χ4n) is 2.72. The van der Waals surface area contributed by atoms with Gasteiger partial charge in [-0.25, -0.2) is 4.79 Å². The molecule has 0 heterocycles. The van der Waals surface area contributed by atoms with Gasteiger partial charge in [0.25, 0.3) is 0 Å². The van der Waals surface area contributed by atoms with Crippen LogP contribution in [-0.4, -0.2) is 23.0 Å². The van der Waals surface area contributed by atoms with Gasteiger partial charge in [-0.15, -0.1) is 0 Å². The van der Waals surface area contributed by atoms with Crippen molar-refractivity contribution in [1.82, 2.24) is 5.32 Å². The van der Waals surface area contributed by atoms with Crippen LogP contribution in [0.2, 0.25) is 0 Å². The first kappa shape index (κ1) is 18.3. The summed E-state index contributed by atoms with van der Waals surface area (Å²) in [5.74, 6) is -2.17. The number of halogens is 3. The van der Waals surface area contributed by atoms with Gasteiger partial charge in [0.05, 0.1) is 5.56 Å². The van der Waals surface area contributed by atoms with Crippen molar-refractivity contribution in [3.8, 4) is 0 Å². The summed E-state index contributed by atoms with van der Waals surface area (Å²) in [6, 6.07) is 3.81. The van der Waals surface area contributed by atoms with Crippen molar-refractivity contribution in [2.24, 2.45) is 11.8 Å². The van der Waals surface area contributed by atoms with E-state index >= 15 is 0 Å². The Labute approximate surface area is 138 Å². The molecule has 1 amide bonds. The highest BCUT2D eigenvalue weighted by Gasteiger charge is 2.45. The standard InChI is InChI=1S/C17H20F3NO3/c1-3-9(2)14(16(23)24)21-15(22)13-8-12(13)10-4-6-11(7-5-10)17(18,19)20/h4-7,9,12-14H,3,8H2,1-2H3,(H,21,22)(H,23,24). The number of carboxylic acids is 1. The molecule has 0 radical (unpaired) electrons. The number of alkyl halides is 3. The molecule has 2 N–H and O–H groups in total. The summed E-state index contributed by atoms with van der Waals surface area (Å²) < 4.78 is 37.6. The summed E-state index contributed by atoms with van der Waals surface area (Å²) in [6.45, 7) is 3.59. The third-order valence-electron chi connectivity index (χ3n) is 4.57. The molecular weight excluding hydrogens is 323 g/mol. The molecule has 24 heavy (non-hydrogen) atoms. The normalized spacial score (nSPS) is 22.5. The molecule has 1 aromatic carbocycles. The number of amides is 1. The van der Waals surface area contributed by atoms with Crippen LogP contribution in [0.4, 0.5) is 13.2 Å². The maximum absolute atomic E-state index is 12.5. The van der Waals surface area contributed by atoms with Crippen molar-refractivity contribution in [2.75, 3.05) is 0 Å². The zero-order valence-electron chi connectivity index (χ0n) is 13.4. The molecule has 0 aromatic heterocycles. The second-order valence-electron chi connectivity index (χ2n) is 6.28. The van der Waals surface area contributed by atoms with Crippen molar-refractivity contribution in [1.29, 1.82) is 0 Å². The molecule has 4 atom stereocenters. The molecular formula is C17H20F3NO3. The lowest BCUT2D eigenvalue weighted by Crippen LogP contribution is -2.45. The second kappa shape index (κ2) is 6.83. The summed E-state index contributed by atoms with van der Waals surface area (Å²) in [5.41, 5.74) is -0.0609. The topological polar surface area (TPSA) is 66.4 Å². The predicted octanol–water partition coefficient (Wildman–Crippen LogP) is 3.42. The lowest BCUT2D eigenvalue weighted by molar-refractivity contribution is -0.143. The Bertz CT molecular complexity index is 613. The van der Waals surface area contributed by atoms with E-state index in [4.69, 9.17) is 0 Å². The SMILES string of the molecule is CCC(C)C(NC(=O)C1CC1c1ccc(C(F)(F)F)cc1)C(=O)O. The molecule has 0 saturated heterocycles. The van der Waals surface area contributed by atoms with Gasteiger partial charge in [-0.05, 0) is 36.0 Å². The number of carbonyl (C=O) groups excluding carboxylic acids is 1. The minimum Gasteiger partial charge on any atom is -0.480 e. The number of rotatable bonds is 6. The third-order valence-corrected chi connectivity index (χ3v) is 4.57. The Kier molecular flexibility index (Phi) is 5.20. The highest BCUT2D eigenvalue weighted by Crippen LogP contribution is 2.48. The molecule has 4 nitrogen and oxygen atoms in total. The number of benzene rings is 1. The van der Waals surface area contributed by atoms with E-state index < -0.39 is 23.8 Å². The fraction of sp³-hybridized carbons (Fsp3) is 0.529. The Balaban J connectivity index is 1.99. The summed E-state index contributed by atoms with van der Waals surface area (Å²) in [7, 11) is 0. The van der Waals surface area contributed by atoms with Crippen molar-refractivity contribution in [3.63, 3.8) is 0 Å². The maximum Gasteiger partial charge on any atom is 0.416 e. The lowest BCUT2D eigenvalue weighted by Gasteiger charge is -2.20. The minimum absolute atomic E-state index is 0.154. The zero-order chi connectivity index (χ0) is 18.1. The number of aliphatic carboxylic acids is 1. The Morgan fingerprint density at radius 2 is 1.88 bits per heavy atom. The van der Waals surface area contributed by atoms with Crippen LogP contribution < -0.4 is 5.32 Å². The molecule has 1 fully saturated rings. The number of hydrogen-bond donors (Lipinski definition) is 2. The number of hydrogen-bond acceptors (Lipinski definition) is 2. The molecule has 0 spiro atoms. The van der Waals surface area contributed by atoms with E-state index in [0.29, 0.717) is 18.4 Å². The number of carboxylic acid groups (broad SMARTS) is 1. The second-order valence-corrected chi connectivity index (χ2v) is 6.28. The van der Waals surface area contributed by atoms with Gasteiger partial charge in [-0.1, -0.05) is 32.4 Å². The van der Waals surface area contributed by atoms with Gasteiger partial charge in [0.15, 0.2) is 0 Å². The first-order chi connectivity index (χ1) is 11.1. The smallest absolute Gasteiger partial charge is 0.416 e. The highest BCUT2D eigenvalue weighted by atomic mass is 19.4. The van der Waals surface area contributed by atoms with E-state index in [1.54, 1.807) is 6.92 Å². The average molecular weight is 343 g/mol. The highest BCUT2D eigenvalue weighted by molar-refractivity contribution is 5.87. The van der Waals surface area contributed by atoms with Crippen LogP contribution in [-0.2, 0) is 15.8 Å². The van der Waals surface area contributed by atoms with Crippen molar-refractivity contribution in [3.05, 3.63) is 35.4 Å². The van der Waals surface area contributed by atoms with E-state index in [-0.39, 0.29) is 23.7 Å². The van der Waals surface area contributed by atoms with Crippen LogP contribution in [0, 0.1) is 11.8 Å². The van der Waals surface area contributed by atoms with Gasteiger partial charge in [0.1, 0.15) is 6.04 Å². The average Bonchev–Trinajstić information content (AvgIpc) is 3.31. The van der Waals surface area contributed by atoms with Crippen molar-refractivity contribution >= 4 is 11.9 Å². The summed E-state index contributed by atoms with van der Waals surface area (Å²) in [4.78, 5) is 23.4. The molecule has 1 aromatic rings. The van der Waals surface area contributed by atoms with E-state index in [1.807, 2.05) is 6.92 Å². The molecule has 2 rings (SSSR count). The fourth-order valence-corrected chi connectivity index (χ4v) is 2.72. The van der Waals surface area contributed by atoms with E-state index in [1.165, 1.54) is 12.1 Å². The van der Waals surface area contributed by atoms with Crippen LogP contribution in [0.3, 0.4) is 0 Å². The van der Waals surface area contributed by atoms with Gasteiger partial charge in [0.2, 0.25) is 5.91 Å². The first-order valence-electron chi connectivity index (χ1n) is 7.85. The third kappa shape index (κ3) is 4.07. The van der Waals surface area contributed by atoms with Crippen molar-refractivity contribution < 1.29 is 27.9 Å². The molecule has 0 aliphatic heterocycles. The Hall–Kier alpha value is -2.05. The lowest BCUT2D eigenvalue weighted by atomic mass is 9.99. The maximum atomic E-state index is 12.5.